The summed E-state index contributed by atoms with van der Waals surface area (Å²) in [6, 6.07) is 0. The van der Waals surface area contributed by atoms with Crippen LogP contribution in [0, 0.1) is 11.8 Å². The lowest BCUT2D eigenvalue weighted by Crippen LogP contribution is -2.23. The monoisotopic (exact) mass is 561 g/mol. The van der Waals surface area contributed by atoms with Crippen molar-refractivity contribution < 1.29 is 9.47 Å². The van der Waals surface area contributed by atoms with Crippen molar-refractivity contribution in [1.29, 1.82) is 0 Å². The van der Waals surface area contributed by atoms with E-state index in [1.807, 2.05) is 25.4 Å². The van der Waals surface area contributed by atoms with Crippen molar-refractivity contribution >= 4 is 0 Å². The third kappa shape index (κ3) is 19.5. The van der Waals surface area contributed by atoms with E-state index in [-0.39, 0.29) is 0 Å². The number of hydrogen-bond acceptors (Lipinski definition) is 2. The van der Waals surface area contributed by atoms with Gasteiger partial charge in [-0.05, 0) is 63.2 Å². The maximum absolute atomic E-state index is 5.24. The average molecular weight is 561 g/mol. The number of rotatable bonds is 30. The van der Waals surface area contributed by atoms with Gasteiger partial charge >= 0.3 is 0 Å². The van der Waals surface area contributed by atoms with Gasteiger partial charge in [0.1, 0.15) is 0 Å². The second-order valence-electron chi connectivity index (χ2n) is 12.8. The molecule has 236 valence electrons. The van der Waals surface area contributed by atoms with Gasteiger partial charge in [-0.25, -0.2) is 0 Å². The molecule has 0 fully saturated rings. The molecule has 2 unspecified atom stereocenters. The lowest BCUT2D eigenvalue weighted by molar-refractivity contribution is 0.191. The van der Waals surface area contributed by atoms with Crippen LogP contribution >= 0.6 is 0 Å². The molecule has 0 bridgehead atoms. The number of methoxy groups -OCH3 is 2. The summed E-state index contributed by atoms with van der Waals surface area (Å²) in [5.74, 6) is 1.64. The fourth-order valence-corrected chi connectivity index (χ4v) is 6.79. The zero-order valence-electron chi connectivity index (χ0n) is 27.9. The Morgan fingerprint density at radius 3 is 1.15 bits per heavy atom. The first-order valence-electron chi connectivity index (χ1n) is 18.2. The van der Waals surface area contributed by atoms with Gasteiger partial charge in [-0.1, -0.05) is 153 Å². The molecule has 1 rings (SSSR count). The van der Waals surface area contributed by atoms with Crippen molar-refractivity contribution in [3.05, 3.63) is 23.3 Å². The highest BCUT2D eigenvalue weighted by molar-refractivity contribution is 5.29. The molecule has 0 saturated heterocycles. The summed E-state index contributed by atoms with van der Waals surface area (Å²) in [5.41, 5.74) is 3.63. The highest BCUT2D eigenvalue weighted by Gasteiger charge is 2.29. The highest BCUT2D eigenvalue weighted by atomic mass is 16.5. The third-order valence-electron chi connectivity index (χ3n) is 9.31. The van der Waals surface area contributed by atoms with Gasteiger partial charge in [-0.15, -0.1) is 0 Å². The quantitative estimate of drug-likeness (QED) is 0.0813. The molecule has 0 spiro atoms. The van der Waals surface area contributed by atoms with Crippen LogP contribution in [-0.2, 0) is 9.47 Å². The van der Waals surface area contributed by atoms with Crippen molar-refractivity contribution in [1.82, 2.24) is 0 Å². The highest BCUT2D eigenvalue weighted by Crippen LogP contribution is 2.42. The molecule has 40 heavy (non-hydrogen) atoms. The number of unbranched alkanes of at least 4 members (excludes halogenated alkanes) is 18. The van der Waals surface area contributed by atoms with E-state index >= 15 is 0 Å². The Morgan fingerprint density at radius 1 is 0.425 bits per heavy atom. The second-order valence-corrected chi connectivity index (χ2v) is 12.8. The van der Waals surface area contributed by atoms with Crippen molar-refractivity contribution in [2.75, 3.05) is 27.4 Å². The molecule has 0 saturated carbocycles. The van der Waals surface area contributed by atoms with Crippen LogP contribution in [0.25, 0.3) is 0 Å². The van der Waals surface area contributed by atoms with Crippen molar-refractivity contribution in [2.45, 2.75) is 181 Å². The van der Waals surface area contributed by atoms with Crippen LogP contribution in [0.3, 0.4) is 0 Å². The summed E-state index contributed by atoms with van der Waals surface area (Å²) in [4.78, 5) is 0. The van der Waals surface area contributed by atoms with E-state index in [1.54, 1.807) is 0 Å². The van der Waals surface area contributed by atoms with Crippen LogP contribution < -0.4 is 0 Å². The maximum Gasteiger partial charge on any atom is 0.0462 e. The van der Waals surface area contributed by atoms with Gasteiger partial charge in [0, 0.05) is 27.4 Å². The second kappa shape index (κ2) is 28.5. The van der Waals surface area contributed by atoms with Crippen LogP contribution in [0.1, 0.15) is 181 Å². The van der Waals surface area contributed by atoms with E-state index in [1.165, 1.54) is 167 Å². The molecule has 1 aliphatic carbocycles. The van der Waals surface area contributed by atoms with Crippen molar-refractivity contribution in [3.63, 3.8) is 0 Å². The van der Waals surface area contributed by atoms with E-state index in [0.29, 0.717) is 0 Å². The van der Waals surface area contributed by atoms with Gasteiger partial charge in [0.15, 0.2) is 0 Å². The smallest absolute Gasteiger partial charge is 0.0462 e. The zero-order valence-corrected chi connectivity index (χ0v) is 27.9. The fraction of sp³-hybridized carbons (Fsp3) is 0.895. The molecule has 0 aliphatic heterocycles. The van der Waals surface area contributed by atoms with Gasteiger partial charge in [-0.2, -0.15) is 0 Å². The lowest BCUT2D eigenvalue weighted by Gasteiger charge is -2.35. The molecule has 0 N–H and O–H groups in total. The Balaban J connectivity index is 2.73. The Labute approximate surface area is 252 Å². The minimum atomic E-state index is 0.817. The number of ether oxygens (including phenoxy) is 2. The first-order valence-corrected chi connectivity index (χ1v) is 18.2. The summed E-state index contributed by atoms with van der Waals surface area (Å²) < 4.78 is 10.5. The van der Waals surface area contributed by atoms with Crippen LogP contribution in [0.5, 0.6) is 0 Å². The average Bonchev–Trinajstić information content (AvgIpc) is 2.97. The van der Waals surface area contributed by atoms with Crippen molar-refractivity contribution in [3.8, 4) is 0 Å². The summed E-state index contributed by atoms with van der Waals surface area (Å²) in [6.45, 7) is 6.52. The molecule has 0 radical (unpaired) electrons. The third-order valence-corrected chi connectivity index (χ3v) is 9.31. The van der Waals surface area contributed by atoms with E-state index in [2.05, 4.69) is 26.0 Å². The summed E-state index contributed by atoms with van der Waals surface area (Å²) in [6.07, 6.45) is 41.1. The Morgan fingerprint density at radius 2 is 0.750 bits per heavy atom. The minimum absolute atomic E-state index is 0.817. The zero-order chi connectivity index (χ0) is 28.9. The molecule has 0 aromatic heterocycles. The van der Waals surface area contributed by atoms with Gasteiger partial charge in [0.05, 0.1) is 0 Å². The molecule has 0 amide bonds. The molecule has 0 aromatic carbocycles. The van der Waals surface area contributed by atoms with Gasteiger partial charge in [0.2, 0.25) is 0 Å². The summed E-state index contributed by atoms with van der Waals surface area (Å²) in [7, 11) is 3.65. The molecular weight excluding hydrogens is 488 g/mol. The predicted molar refractivity (Wildman–Crippen MR) is 178 cm³/mol. The predicted octanol–water partition coefficient (Wildman–Crippen LogP) is 12.6. The van der Waals surface area contributed by atoms with E-state index < -0.39 is 0 Å². The van der Waals surface area contributed by atoms with Crippen molar-refractivity contribution in [2.24, 2.45) is 11.8 Å². The Hall–Kier alpha value is -0.600. The Kier molecular flexibility index (Phi) is 26.7. The van der Waals surface area contributed by atoms with E-state index in [9.17, 15) is 0 Å². The van der Waals surface area contributed by atoms with Gasteiger partial charge in [-0.3, -0.25) is 0 Å². The first-order chi connectivity index (χ1) is 19.8. The molecular formula is C38H72O2. The molecule has 2 heteroatoms. The van der Waals surface area contributed by atoms with Crippen LogP contribution in [0.4, 0.5) is 0 Å². The number of allylic oxidation sites excluding steroid dienone is 4. The molecule has 1 aliphatic rings. The normalized spacial score (nSPS) is 17.3. The first kappa shape index (κ1) is 37.4. The standard InChI is InChI=1S/C38H72O2/c1-5-7-9-11-17-23-29-37-35(27-21-10-8-6-2)31-32-36(28-22-16-12-14-19-25-33-39-3)38(37)30-24-18-13-15-20-26-34-40-4/h31-32,37-38H,5-30,33-34H2,1-4H3. The minimum Gasteiger partial charge on any atom is -0.385 e. The topological polar surface area (TPSA) is 18.5 Å². The SMILES string of the molecule is CCCCCCCCC1C(CCCCCC)=CC=C(CCCCCCCCOC)C1CCCCCCCCOC. The molecule has 2 atom stereocenters. The molecule has 0 aromatic rings. The lowest BCUT2D eigenvalue weighted by atomic mass is 9.70. The van der Waals surface area contributed by atoms with Crippen LogP contribution in [-0.4, -0.2) is 27.4 Å². The van der Waals surface area contributed by atoms with Gasteiger partial charge < -0.3 is 9.47 Å². The number of hydrogen-bond donors (Lipinski definition) is 0. The molecule has 0 heterocycles. The fourth-order valence-electron chi connectivity index (χ4n) is 6.79. The Bertz CT molecular complexity index is 592. The van der Waals surface area contributed by atoms with Crippen LogP contribution in [0.2, 0.25) is 0 Å². The maximum atomic E-state index is 5.24. The van der Waals surface area contributed by atoms with E-state index in [0.717, 1.165) is 25.0 Å². The largest absolute Gasteiger partial charge is 0.385 e. The molecule has 2 nitrogen and oxygen atoms in total. The summed E-state index contributed by atoms with van der Waals surface area (Å²) >= 11 is 0. The van der Waals surface area contributed by atoms with Gasteiger partial charge in [0.25, 0.3) is 0 Å². The van der Waals surface area contributed by atoms with E-state index in [4.69, 9.17) is 9.47 Å². The van der Waals surface area contributed by atoms with Crippen LogP contribution in [0.15, 0.2) is 23.3 Å². The summed E-state index contributed by atoms with van der Waals surface area (Å²) in [5, 5.41) is 0.